The molecule has 2 fully saturated rings. The zero-order valence-electron chi connectivity index (χ0n) is 18.1. The molecule has 2 N–H and O–H groups in total. The summed E-state index contributed by atoms with van der Waals surface area (Å²) in [6, 6.07) is 8.27. The van der Waals surface area contributed by atoms with E-state index < -0.39 is 0 Å². The smallest absolute Gasteiger partial charge is 0.194 e. The van der Waals surface area contributed by atoms with Crippen molar-refractivity contribution in [3.05, 3.63) is 36.2 Å². The van der Waals surface area contributed by atoms with Crippen molar-refractivity contribution in [3.63, 3.8) is 0 Å². The first-order valence-corrected chi connectivity index (χ1v) is 11.0. The monoisotopic (exact) mass is 540 g/mol. The second-order valence-corrected chi connectivity index (χ2v) is 7.86. The zero-order valence-corrected chi connectivity index (χ0v) is 20.5. The topological polar surface area (TPSA) is 87.7 Å². The molecule has 1 unspecified atom stereocenters. The second-order valence-electron chi connectivity index (χ2n) is 7.86. The van der Waals surface area contributed by atoms with E-state index in [2.05, 4.69) is 44.5 Å². The van der Waals surface area contributed by atoms with Crippen LogP contribution in [0.15, 0.2) is 35.6 Å². The van der Waals surface area contributed by atoms with Crippen molar-refractivity contribution in [2.24, 2.45) is 4.99 Å². The normalized spacial score (nSPS) is 20.0. The summed E-state index contributed by atoms with van der Waals surface area (Å²) in [4.78, 5) is 11.5. The van der Waals surface area contributed by atoms with Gasteiger partial charge in [0.2, 0.25) is 0 Å². The third-order valence-electron chi connectivity index (χ3n) is 5.65. The Morgan fingerprint density at radius 1 is 1.32 bits per heavy atom. The number of aromatic nitrogens is 3. The van der Waals surface area contributed by atoms with Crippen LogP contribution in [0.3, 0.4) is 0 Å². The third-order valence-corrected chi connectivity index (χ3v) is 5.65. The highest BCUT2D eigenvalue weighted by molar-refractivity contribution is 14.0. The summed E-state index contributed by atoms with van der Waals surface area (Å²) in [6.45, 7) is 7.13. The number of guanidine groups is 1. The number of nitrogens with zero attached hydrogens (tertiary/aromatic N) is 4. The van der Waals surface area contributed by atoms with E-state index in [0.717, 1.165) is 81.4 Å². The van der Waals surface area contributed by atoms with E-state index in [0.29, 0.717) is 18.8 Å². The molecule has 0 bridgehead atoms. The maximum Gasteiger partial charge on any atom is 0.194 e. The minimum Gasteiger partial charge on any atom is -0.376 e. The van der Waals surface area contributed by atoms with Gasteiger partial charge in [-0.15, -0.1) is 24.0 Å². The summed E-state index contributed by atoms with van der Waals surface area (Å²) in [6.07, 6.45) is 6.50. The highest BCUT2D eigenvalue weighted by Gasteiger charge is 2.24. The fraction of sp³-hybridized carbons (Fsp3) is 0.591. The van der Waals surface area contributed by atoms with Crippen molar-refractivity contribution in [1.82, 2.24) is 25.4 Å². The SMILES string of the molecule is CCNC(=NCc1cccc(-c2ncn[nH]2)c1)N1CCC(OCC2CCCO2)CC1.I. The Hall–Kier alpha value is -1.72. The summed E-state index contributed by atoms with van der Waals surface area (Å²) in [7, 11) is 0. The lowest BCUT2D eigenvalue weighted by molar-refractivity contribution is -0.0367. The van der Waals surface area contributed by atoms with Gasteiger partial charge in [-0.3, -0.25) is 5.10 Å². The average Bonchev–Trinajstić information content (AvgIpc) is 3.50. The summed E-state index contributed by atoms with van der Waals surface area (Å²) < 4.78 is 11.8. The predicted octanol–water partition coefficient (Wildman–Crippen LogP) is 3.22. The molecule has 8 nitrogen and oxygen atoms in total. The molecule has 2 aliphatic rings. The van der Waals surface area contributed by atoms with Crippen LogP contribution in [0.1, 0.15) is 38.2 Å². The van der Waals surface area contributed by atoms with Crippen molar-refractivity contribution in [1.29, 1.82) is 0 Å². The van der Waals surface area contributed by atoms with Crippen LogP contribution in [-0.4, -0.2) is 71.1 Å². The van der Waals surface area contributed by atoms with E-state index in [4.69, 9.17) is 14.5 Å². The lowest BCUT2D eigenvalue weighted by Gasteiger charge is -2.34. The molecular formula is C22H33IN6O2. The summed E-state index contributed by atoms with van der Waals surface area (Å²) in [5.41, 5.74) is 2.17. The van der Waals surface area contributed by atoms with Crippen LogP contribution in [0.5, 0.6) is 0 Å². The van der Waals surface area contributed by atoms with Gasteiger partial charge < -0.3 is 19.7 Å². The number of ether oxygens (including phenoxy) is 2. The first kappa shape index (κ1) is 23.9. The minimum absolute atomic E-state index is 0. The Balaban J connectivity index is 0.00000272. The Morgan fingerprint density at radius 3 is 2.90 bits per heavy atom. The number of aliphatic imine (C=N–C) groups is 1. The first-order valence-electron chi connectivity index (χ1n) is 11.0. The van der Waals surface area contributed by atoms with E-state index >= 15 is 0 Å². The number of piperidine rings is 1. The number of nitrogens with one attached hydrogen (secondary N) is 2. The van der Waals surface area contributed by atoms with Gasteiger partial charge >= 0.3 is 0 Å². The maximum absolute atomic E-state index is 6.11. The molecule has 31 heavy (non-hydrogen) atoms. The van der Waals surface area contributed by atoms with E-state index in [9.17, 15) is 0 Å². The molecule has 1 atom stereocenters. The van der Waals surface area contributed by atoms with Gasteiger partial charge in [0.15, 0.2) is 11.8 Å². The van der Waals surface area contributed by atoms with Gasteiger partial charge in [0.1, 0.15) is 6.33 Å². The van der Waals surface area contributed by atoms with Gasteiger partial charge in [0, 0.05) is 31.8 Å². The molecule has 2 saturated heterocycles. The molecule has 0 saturated carbocycles. The van der Waals surface area contributed by atoms with Gasteiger partial charge in [-0.25, -0.2) is 9.98 Å². The van der Waals surface area contributed by atoms with Gasteiger partial charge in [-0.2, -0.15) is 5.10 Å². The Labute approximate surface area is 201 Å². The first-order chi connectivity index (χ1) is 14.8. The number of halogens is 1. The number of benzene rings is 1. The second kappa shape index (κ2) is 12.4. The molecule has 0 spiro atoms. The van der Waals surface area contributed by atoms with Crippen molar-refractivity contribution >= 4 is 29.9 Å². The third kappa shape index (κ3) is 6.88. The molecule has 2 aliphatic heterocycles. The molecule has 9 heteroatoms. The largest absolute Gasteiger partial charge is 0.376 e. The number of H-pyrrole nitrogens is 1. The van der Waals surface area contributed by atoms with Gasteiger partial charge in [-0.1, -0.05) is 18.2 Å². The van der Waals surface area contributed by atoms with E-state index in [1.807, 2.05) is 12.1 Å². The molecule has 3 heterocycles. The zero-order chi connectivity index (χ0) is 20.6. The van der Waals surface area contributed by atoms with Crippen LogP contribution in [0.25, 0.3) is 11.4 Å². The van der Waals surface area contributed by atoms with Crippen molar-refractivity contribution in [3.8, 4) is 11.4 Å². The van der Waals surface area contributed by atoms with Gasteiger partial charge in [-0.05, 0) is 44.2 Å². The Morgan fingerprint density at radius 2 is 2.19 bits per heavy atom. The average molecular weight is 540 g/mol. The van der Waals surface area contributed by atoms with Gasteiger partial charge in [0.25, 0.3) is 0 Å². The fourth-order valence-corrected chi connectivity index (χ4v) is 4.01. The summed E-state index contributed by atoms with van der Waals surface area (Å²) in [5, 5.41) is 10.3. The highest BCUT2D eigenvalue weighted by Crippen LogP contribution is 2.19. The van der Waals surface area contributed by atoms with Crippen LogP contribution in [0.4, 0.5) is 0 Å². The number of hydrogen-bond acceptors (Lipinski definition) is 5. The number of hydrogen-bond donors (Lipinski definition) is 2. The van der Waals surface area contributed by atoms with Gasteiger partial charge in [0.05, 0.1) is 25.4 Å². The molecule has 4 rings (SSSR count). The minimum atomic E-state index is 0. The van der Waals surface area contributed by atoms with Crippen molar-refractivity contribution < 1.29 is 9.47 Å². The molecule has 0 aliphatic carbocycles. The van der Waals surface area contributed by atoms with Crippen LogP contribution >= 0.6 is 24.0 Å². The lowest BCUT2D eigenvalue weighted by Crippen LogP contribution is -2.47. The highest BCUT2D eigenvalue weighted by atomic mass is 127. The molecule has 1 aromatic carbocycles. The predicted molar refractivity (Wildman–Crippen MR) is 132 cm³/mol. The number of aromatic amines is 1. The molecule has 170 valence electrons. The number of likely N-dealkylation sites (tertiary alicyclic amines) is 1. The van der Waals surface area contributed by atoms with Crippen LogP contribution in [0, 0.1) is 0 Å². The standard InChI is InChI=1S/C22H32N6O2.HI/c1-2-23-22(24-14-17-5-3-6-18(13-17)21-25-16-26-27-21)28-10-8-19(9-11-28)30-15-20-7-4-12-29-20;/h3,5-6,13,16,19-20H,2,4,7-12,14-15H2,1H3,(H,23,24)(H,25,26,27);1H. The Kier molecular flexibility index (Phi) is 9.54. The van der Waals surface area contributed by atoms with Crippen LogP contribution < -0.4 is 5.32 Å². The van der Waals surface area contributed by atoms with Crippen LogP contribution in [-0.2, 0) is 16.0 Å². The van der Waals surface area contributed by atoms with Crippen molar-refractivity contribution in [2.45, 2.75) is 51.4 Å². The van der Waals surface area contributed by atoms with E-state index in [1.165, 1.54) is 6.33 Å². The summed E-state index contributed by atoms with van der Waals surface area (Å²) in [5.74, 6) is 1.75. The number of rotatable bonds is 7. The Bertz CT molecular complexity index is 802. The van der Waals surface area contributed by atoms with Crippen molar-refractivity contribution in [2.75, 3.05) is 32.8 Å². The molecule has 0 amide bonds. The molecule has 2 aromatic rings. The molecule has 0 radical (unpaired) electrons. The quantitative estimate of drug-likeness (QED) is 0.319. The molecular weight excluding hydrogens is 507 g/mol. The van der Waals surface area contributed by atoms with Crippen LogP contribution in [0.2, 0.25) is 0 Å². The fourth-order valence-electron chi connectivity index (χ4n) is 4.01. The maximum atomic E-state index is 6.11. The summed E-state index contributed by atoms with van der Waals surface area (Å²) >= 11 is 0. The molecule has 1 aromatic heterocycles. The van der Waals surface area contributed by atoms with E-state index in [1.54, 1.807) is 0 Å². The lowest BCUT2D eigenvalue weighted by atomic mass is 10.1. The van der Waals surface area contributed by atoms with E-state index in [-0.39, 0.29) is 24.0 Å².